The molecule has 2 N–H and O–H groups in total. The average molecular weight is 443 g/mol. The molecule has 32 heavy (non-hydrogen) atoms. The Kier molecular flexibility index (Phi) is 4.87. The first-order valence-electron chi connectivity index (χ1n) is 13.7. The maximum absolute atomic E-state index is 11.3. The summed E-state index contributed by atoms with van der Waals surface area (Å²) in [5.41, 5.74) is 2.86. The fourth-order valence-electron chi connectivity index (χ4n) is 10.7. The summed E-state index contributed by atoms with van der Waals surface area (Å²) in [5, 5.41) is 22.2. The molecule has 5 aliphatic carbocycles. The Balaban J connectivity index is 1.58. The molecule has 3 unspecified atom stereocenters. The minimum absolute atomic E-state index is 0.0157. The Labute approximate surface area is 197 Å². The number of fused-ring (bicyclic) bond motifs is 7. The molecule has 0 amide bonds. The van der Waals surface area contributed by atoms with Gasteiger partial charge in [0.1, 0.15) is 0 Å². The average Bonchev–Trinajstić information content (AvgIpc) is 2.67. The summed E-state index contributed by atoms with van der Waals surface area (Å²) >= 11 is 0. The summed E-state index contributed by atoms with van der Waals surface area (Å²) in [6.07, 6.45) is 12.8. The maximum Gasteiger partial charge on any atom is 0.0604 e. The van der Waals surface area contributed by atoms with Crippen molar-refractivity contribution in [3.8, 4) is 0 Å². The van der Waals surface area contributed by atoms with E-state index in [1.807, 2.05) is 0 Å². The summed E-state index contributed by atoms with van der Waals surface area (Å²) in [6.45, 7) is 19.7. The molecule has 4 fully saturated rings. The highest BCUT2D eigenvalue weighted by molar-refractivity contribution is 5.34. The van der Waals surface area contributed by atoms with Crippen molar-refractivity contribution in [2.75, 3.05) is 0 Å². The number of hydrogen-bond donors (Lipinski definition) is 2. The number of hydrogen-bond acceptors (Lipinski definition) is 2. The largest absolute Gasteiger partial charge is 0.393 e. The first-order chi connectivity index (χ1) is 14.6. The molecule has 2 heteroatoms. The van der Waals surface area contributed by atoms with Crippen LogP contribution in [0.1, 0.15) is 113 Å². The third-order valence-corrected chi connectivity index (χ3v) is 13.1. The Morgan fingerprint density at radius 1 is 0.719 bits per heavy atom. The maximum atomic E-state index is 11.3. The number of rotatable bonds is 0. The molecule has 5 rings (SSSR count). The topological polar surface area (TPSA) is 40.5 Å². The summed E-state index contributed by atoms with van der Waals surface area (Å²) in [6, 6.07) is 0. The van der Waals surface area contributed by atoms with Crippen LogP contribution in [0.25, 0.3) is 0 Å². The second-order valence-corrected chi connectivity index (χ2v) is 15.3. The van der Waals surface area contributed by atoms with E-state index in [4.69, 9.17) is 0 Å². The molecule has 0 aromatic carbocycles. The Bertz CT molecular complexity index is 825. The van der Waals surface area contributed by atoms with Gasteiger partial charge in [0.15, 0.2) is 0 Å². The molecule has 4 saturated carbocycles. The molecule has 5 aliphatic rings. The summed E-state index contributed by atoms with van der Waals surface area (Å²) in [4.78, 5) is 0. The standard InChI is InChI=1S/C30H50O2/c1-25(2)17-20-19-9-10-22-28(6)13-12-23(31)26(3,4)21(28)11-14-30(22,8)29(19,7)16-15-27(20,5)24(32)18-25/h9,20-24,31-32H,10-18H2,1-8H3/t20-,21?,22-,23?,24?,27-,28+,29-,30-/m1/s1. The minimum Gasteiger partial charge on any atom is -0.393 e. The van der Waals surface area contributed by atoms with Gasteiger partial charge in [0.05, 0.1) is 12.2 Å². The van der Waals surface area contributed by atoms with Gasteiger partial charge in [-0.1, -0.05) is 67.0 Å². The smallest absolute Gasteiger partial charge is 0.0604 e. The van der Waals surface area contributed by atoms with Crippen molar-refractivity contribution >= 4 is 0 Å². The lowest BCUT2D eigenvalue weighted by Crippen LogP contribution is -2.65. The predicted octanol–water partition coefficient (Wildman–Crippen LogP) is 7.14. The van der Waals surface area contributed by atoms with Gasteiger partial charge in [-0.3, -0.25) is 0 Å². The van der Waals surface area contributed by atoms with Crippen LogP contribution in [0.4, 0.5) is 0 Å². The van der Waals surface area contributed by atoms with E-state index in [1.165, 1.54) is 38.5 Å². The highest BCUT2D eigenvalue weighted by Gasteiger charge is 2.68. The predicted molar refractivity (Wildman–Crippen MR) is 132 cm³/mol. The molecule has 2 nitrogen and oxygen atoms in total. The van der Waals surface area contributed by atoms with E-state index < -0.39 is 0 Å². The molecule has 0 aromatic rings. The molecule has 0 radical (unpaired) electrons. The van der Waals surface area contributed by atoms with E-state index in [0.29, 0.717) is 28.6 Å². The van der Waals surface area contributed by atoms with E-state index in [1.54, 1.807) is 5.57 Å². The number of aliphatic hydroxyl groups excluding tert-OH is 2. The van der Waals surface area contributed by atoms with E-state index in [9.17, 15) is 10.2 Å². The normalized spacial score (nSPS) is 56.2. The fourth-order valence-corrected chi connectivity index (χ4v) is 10.7. The molecule has 0 bridgehead atoms. The van der Waals surface area contributed by atoms with Crippen molar-refractivity contribution in [1.29, 1.82) is 0 Å². The SMILES string of the molecule is CC1(C)CC(O)[C@]2(C)CC[C@]3(C)C(=CC[C@@H]4[C@@]5(C)CCC(O)C(C)(C)C5CC[C@]43C)[C@H]2C1. The third kappa shape index (κ3) is 2.72. The highest BCUT2D eigenvalue weighted by atomic mass is 16.3. The number of aliphatic hydroxyl groups is 2. The summed E-state index contributed by atoms with van der Waals surface area (Å²) < 4.78 is 0. The zero-order valence-electron chi connectivity index (χ0n) is 22.2. The van der Waals surface area contributed by atoms with Gasteiger partial charge in [-0.25, -0.2) is 0 Å². The lowest BCUT2D eigenvalue weighted by Gasteiger charge is -2.71. The van der Waals surface area contributed by atoms with Crippen LogP contribution in [0.3, 0.4) is 0 Å². The quantitative estimate of drug-likeness (QED) is 0.391. The van der Waals surface area contributed by atoms with Gasteiger partial charge in [-0.05, 0) is 103 Å². The van der Waals surface area contributed by atoms with Gasteiger partial charge in [-0.15, -0.1) is 0 Å². The van der Waals surface area contributed by atoms with E-state index >= 15 is 0 Å². The molecule has 0 aliphatic heterocycles. The van der Waals surface area contributed by atoms with Crippen LogP contribution < -0.4 is 0 Å². The lowest BCUT2D eigenvalue weighted by atomic mass is 9.33. The van der Waals surface area contributed by atoms with Crippen LogP contribution in [0.2, 0.25) is 0 Å². The van der Waals surface area contributed by atoms with Crippen LogP contribution in [-0.2, 0) is 0 Å². The van der Waals surface area contributed by atoms with Crippen molar-refractivity contribution in [2.45, 2.75) is 125 Å². The molecule has 0 saturated heterocycles. The van der Waals surface area contributed by atoms with E-state index in [2.05, 4.69) is 61.5 Å². The molecule has 9 atom stereocenters. The van der Waals surface area contributed by atoms with Crippen LogP contribution in [-0.4, -0.2) is 22.4 Å². The van der Waals surface area contributed by atoms with Gasteiger partial charge in [0.2, 0.25) is 0 Å². The highest BCUT2D eigenvalue weighted by Crippen LogP contribution is 2.75. The van der Waals surface area contributed by atoms with Crippen molar-refractivity contribution in [3.63, 3.8) is 0 Å². The molecular weight excluding hydrogens is 392 g/mol. The molecule has 182 valence electrons. The van der Waals surface area contributed by atoms with Crippen molar-refractivity contribution in [1.82, 2.24) is 0 Å². The zero-order chi connectivity index (χ0) is 23.5. The molecule has 0 spiro atoms. The Hall–Kier alpha value is -0.340. The Morgan fingerprint density at radius 2 is 1.41 bits per heavy atom. The van der Waals surface area contributed by atoms with Gasteiger partial charge in [-0.2, -0.15) is 0 Å². The van der Waals surface area contributed by atoms with Crippen LogP contribution in [0.5, 0.6) is 0 Å². The lowest BCUT2D eigenvalue weighted by molar-refractivity contribution is -0.207. The van der Waals surface area contributed by atoms with Crippen LogP contribution in [0, 0.1) is 50.2 Å². The van der Waals surface area contributed by atoms with Crippen LogP contribution in [0.15, 0.2) is 11.6 Å². The van der Waals surface area contributed by atoms with Gasteiger partial charge in [0.25, 0.3) is 0 Å². The molecular formula is C30H50O2. The summed E-state index contributed by atoms with van der Waals surface area (Å²) in [7, 11) is 0. The van der Waals surface area contributed by atoms with Gasteiger partial charge >= 0.3 is 0 Å². The van der Waals surface area contributed by atoms with Gasteiger partial charge in [0, 0.05) is 5.41 Å². The first kappa shape index (κ1) is 23.4. The van der Waals surface area contributed by atoms with E-state index in [0.717, 1.165) is 19.3 Å². The van der Waals surface area contributed by atoms with Crippen molar-refractivity contribution in [2.24, 2.45) is 50.2 Å². The van der Waals surface area contributed by atoms with E-state index in [-0.39, 0.29) is 33.9 Å². The van der Waals surface area contributed by atoms with Crippen molar-refractivity contribution < 1.29 is 10.2 Å². The fraction of sp³-hybridized carbons (Fsp3) is 0.933. The molecule has 0 aromatic heterocycles. The Morgan fingerprint density at radius 3 is 2.09 bits per heavy atom. The monoisotopic (exact) mass is 442 g/mol. The van der Waals surface area contributed by atoms with Crippen LogP contribution >= 0.6 is 0 Å². The van der Waals surface area contributed by atoms with Gasteiger partial charge < -0.3 is 10.2 Å². The second kappa shape index (κ2) is 6.66. The minimum atomic E-state index is -0.180. The molecule has 0 heterocycles. The summed E-state index contributed by atoms with van der Waals surface area (Å²) in [5.74, 6) is 1.83. The first-order valence-corrected chi connectivity index (χ1v) is 13.7. The third-order valence-electron chi connectivity index (χ3n) is 13.1. The number of allylic oxidation sites excluding steroid dienone is 2. The zero-order valence-corrected chi connectivity index (χ0v) is 22.2. The van der Waals surface area contributed by atoms with Crippen molar-refractivity contribution in [3.05, 3.63) is 11.6 Å². The second-order valence-electron chi connectivity index (χ2n) is 15.3.